The molecule has 0 aromatic heterocycles. The van der Waals surface area contributed by atoms with E-state index in [0.717, 1.165) is 12.3 Å². The highest BCUT2D eigenvalue weighted by Crippen LogP contribution is 2.58. The Morgan fingerprint density at radius 1 is 1.44 bits per heavy atom. The maximum absolute atomic E-state index is 12.1. The molecule has 1 aromatic rings. The van der Waals surface area contributed by atoms with Gasteiger partial charge in [0.2, 0.25) is 0 Å². The minimum absolute atomic E-state index is 0.303. The fraction of sp³-hybridized carbons (Fsp3) is 0.450. The summed E-state index contributed by atoms with van der Waals surface area (Å²) in [6, 6.07) is 8.70. The molecule has 2 bridgehead atoms. The average Bonchev–Trinajstić information content (AvgIpc) is 2.62. The van der Waals surface area contributed by atoms with E-state index in [0.29, 0.717) is 22.6 Å². The zero-order valence-corrected chi connectivity index (χ0v) is 14.8. The molecule has 5 heteroatoms. The molecule has 130 valence electrons. The van der Waals surface area contributed by atoms with E-state index in [9.17, 15) is 4.79 Å². The summed E-state index contributed by atoms with van der Waals surface area (Å²) < 4.78 is 5.57. The first-order chi connectivity index (χ1) is 11.9. The van der Waals surface area contributed by atoms with Crippen molar-refractivity contribution in [2.75, 3.05) is 0 Å². The highest BCUT2D eigenvalue weighted by Gasteiger charge is 2.50. The Hall–Kier alpha value is -2.61. The number of allylic oxidation sites excluding steroid dienone is 2. The lowest BCUT2D eigenvalue weighted by molar-refractivity contribution is -0.127. The van der Waals surface area contributed by atoms with Crippen LogP contribution in [0.1, 0.15) is 39.2 Å². The van der Waals surface area contributed by atoms with Crippen molar-refractivity contribution in [2.45, 2.75) is 39.7 Å². The van der Waals surface area contributed by atoms with Crippen LogP contribution in [0, 0.1) is 28.6 Å². The molecule has 3 aliphatic carbocycles. The average molecular weight is 337 g/mol. The number of nitrogens with one attached hydrogen (secondary N) is 1. The van der Waals surface area contributed by atoms with Gasteiger partial charge < -0.3 is 4.74 Å². The Kier molecular flexibility index (Phi) is 4.63. The zero-order valence-electron chi connectivity index (χ0n) is 14.8. The van der Waals surface area contributed by atoms with Gasteiger partial charge in [-0.3, -0.25) is 4.79 Å². The lowest BCUT2D eigenvalue weighted by Gasteiger charge is -2.55. The van der Waals surface area contributed by atoms with E-state index in [2.05, 4.69) is 30.5 Å². The summed E-state index contributed by atoms with van der Waals surface area (Å²) in [6.45, 7) is 6.28. The number of fused-ring (bicyclic) bond motifs is 1. The Labute approximate surface area is 148 Å². The van der Waals surface area contributed by atoms with Crippen LogP contribution in [0.15, 0.2) is 41.0 Å². The van der Waals surface area contributed by atoms with Gasteiger partial charge in [0.15, 0.2) is 6.10 Å². The van der Waals surface area contributed by atoms with E-state index in [1.54, 1.807) is 37.4 Å². The van der Waals surface area contributed by atoms with Crippen molar-refractivity contribution in [3.63, 3.8) is 0 Å². The summed E-state index contributed by atoms with van der Waals surface area (Å²) >= 11 is 0. The predicted octanol–water partition coefficient (Wildman–Crippen LogP) is 3.42. The molecular weight excluding hydrogens is 314 g/mol. The van der Waals surface area contributed by atoms with Crippen LogP contribution in [-0.4, -0.2) is 18.2 Å². The van der Waals surface area contributed by atoms with E-state index in [-0.39, 0.29) is 5.91 Å². The normalized spacial score (nSPS) is 24.6. The third-order valence-corrected chi connectivity index (χ3v) is 5.56. The highest BCUT2D eigenvalue weighted by atomic mass is 16.5. The van der Waals surface area contributed by atoms with Crippen molar-refractivity contribution in [3.8, 4) is 11.8 Å². The molecule has 1 amide bonds. The van der Waals surface area contributed by atoms with Crippen molar-refractivity contribution in [1.29, 1.82) is 5.26 Å². The number of hydrazone groups is 1. The summed E-state index contributed by atoms with van der Waals surface area (Å²) in [5, 5.41) is 12.9. The van der Waals surface area contributed by atoms with Gasteiger partial charge in [0.05, 0.1) is 17.8 Å². The summed E-state index contributed by atoms with van der Waals surface area (Å²) in [5.41, 5.74) is 4.66. The van der Waals surface area contributed by atoms with Crippen LogP contribution in [0.25, 0.3) is 0 Å². The van der Waals surface area contributed by atoms with E-state index >= 15 is 0 Å². The minimum atomic E-state index is -0.671. The maximum atomic E-state index is 12.1. The Morgan fingerprint density at radius 3 is 2.76 bits per heavy atom. The Balaban J connectivity index is 1.52. The molecule has 0 aliphatic heterocycles. The standard InChI is InChI=1S/C20H23N3O2/c1-13(25-17-8-4-14(11-21)5-9-17)19(24)23-22-12-15-6-7-16-10-18(15)20(16,2)3/h4-6,8-9,12-13,16,18H,7,10H2,1-3H3,(H,23,24)/b22-12+. The van der Waals surface area contributed by atoms with Crippen molar-refractivity contribution in [1.82, 2.24) is 5.43 Å². The molecule has 0 radical (unpaired) electrons. The van der Waals surface area contributed by atoms with Crippen LogP contribution < -0.4 is 10.2 Å². The third kappa shape index (κ3) is 3.43. The lowest BCUT2D eigenvalue weighted by Crippen LogP contribution is -2.48. The second kappa shape index (κ2) is 6.72. The molecular formula is C20H23N3O2. The number of benzene rings is 1. The summed E-state index contributed by atoms with van der Waals surface area (Å²) in [5.74, 6) is 1.56. The SMILES string of the molecule is CC(Oc1ccc(C#N)cc1)C(=O)N/N=C/C1=CCC2CC1C2(C)C. The van der Waals surface area contributed by atoms with Crippen LogP contribution in [0.2, 0.25) is 0 Å². The predicted molar refractivity (Wildman–Crippen MR) is 96.0 cm³/mol. The van der Waals surface area contributed by atoms with Crippen LogP contribution >= 0.6 is 0 Å². The number of nitriles is 1. The quantitative estimate of drug-likeness (QED) is 0.661. The fourth-order valence-electron chi connectivity index (χ4n) is 3.67. The number of amides is 1. The molecule has 3 aliphatic rings. The smallest absolute Gasteiger partial charge is 0.280 e. The van der Waals surface area contributed by atoms with Crippen LogP contribution in [0.5, 0.6) is 5.75 Å². The minimum Gasteiger partial charge on any atom is -0.481 e. The Bertz CT molecular complexity index is 756. The monoisotopic (exact) mass is 337 g/mol. The number of hydrogen-bond acceptors (Lipinski definition) is 4. The molecule has 1 saturated carbocycles. The Morgan fingerprint density at radius 2 is 2.16 bits per heavy atom. The molecule has 0 heterocycles. The first kappa shape index (κ1) is 17.2. The first-order valence-corrected chi connectivity index (χ1v) is 8.61. The number of nitrogens with zero attached hydrogens (tertiary/aromatic N) is 2. The molecule has 1 aromatic carbocycles. The fourth-order valence-corrected chi connectivity index (χ4v) is 3.67. The highest BCUT2D eigenvalue weighted by molar-refractivity contribution is 5.84. The van der Waals surface area contributed by atoms with Crippen LogP contribution in [0.4, 0.5) is 0 Å². The summed E-state index contributed by atoms with van der Waals surface area (Å²) in [7, 11) is 0. The third-order valence-electron chi connectivity index (χ3n) is 5.56. The second-order valence-corrected chi connectivity index (χ2v) is 7.38. The molecule has 1 fully saturated rings. The van der Waals surface area contributed by atoms with Crippen molar-refractivity contribution >= 4 is 12.1 Å². The molecule has 1 N–H and O–H groups in total. The topological polar surface area (TPSA) is 74.5 Å². The van der Waals surface area contributed by atoms with Crippen molar-refractivity contribution < 1.29 is 9.53 Å². The largest absolute Gasteiger partial charge is 0.481 e. The molecule has 5 nitrogen and oxygen atoms in total. The van der Waals surface area contributed by atoms with Crippen LogP contribution in [0.3, 0.4) is 0 Å². The summed E-state index contributed by atoms with van der Waals surface area (Å²) in [6.07, 6.45) is 5.65. The lowest BCUT2D eigenvalue weighted by atomic mass is 9.49. The molecule has 3 atom stereocenters. The van der Waals surface area contributed by atoms with E-state index in [1.165, 1.54) is 12.0 Å². The van der Waals surface area contributed by atoms with Gasteiger partial charge in [-0.05, 0) is 66.9 Å². The van der Waals surface area contributed by atoms with E-state index in [4.69, 9.17) is 10.00 Å². The molecule has 0 saturated heterocycles. The molecule has 4 rings (SSSR count). The van der Waals surface area contributed by atoms with E-state index < -0.39 is 6.10 Å². The van der Waals surface area contributed by atoms with Gasteiger partial charge in [0.25, 0.3) is 5.91 Å². The zero-order chi connectivity index (χ0) is 18.0. The number of hydrogen-bond donors (Lipinski definition) is 1. The number of ether oxygens (including phenoxy) is 1. The maximum Gasteiger partial charge on any atom is 0.280 e. The van der Waals surface area contributed by atoms with Gasteiger partial charge in [0.1, 0.15) is 5.75 Å². The number of carbonyl (C=O) groups is 1. The molecule has 25 heavy (non-hydrogen) atoms. The van der Waals surface area contributed by atoms with Gasteiger partial charge >= 0.3 is 0 Å². The van der Waals surface area contributed by atoms with E-state index in [1.807, 2.05) is 6.07 Å². The van der Waals surface area contributed by atoms with Crippen molar-refractivity contribution in [3.05, 3.63) is 41.5 Å². The first-order valence-electron chi connectivity index (χ1n) is 8.61. The molecule has 0 spiro atoms. The second-order valence-electron chi connectivity index (χ2n) is 7.38. The van der Waals surface area contributed by atoms with Crippen molar-refractivity contribution in [2.24, 2.45) is 22.4 Å². The van der Waals surface area contributed by atoms with Gasteiger partial charge in [-0.1, -0.05) is 19.9 Å². The van der Waals surface area contributed by atoms with Gasteiger partial charge in [-0.2, -0.15) is 10.4 Å². The number of carbonyl (C=O) groups excluding carboxylic acids is 1. The van der Waals surface area contributed by atoms with Gasteiger partial charge in [-0.25, -0.2) is 5.43 Å². The molecule has 3 unspecified atom stereocenters. The van der Waals surface area contributed by atoms with Gasteiger partial charge in [-0.15, -0.1) is 0 Å². The number of rotatable bonds is 5. The van der Waals surface area contributed by atoms with Crippen LogP contribution in [-0.2, 0) is 4.79 Å². The summed E-state index contributed by atoms with van der Waals surface area (Å²) in [4.78, 5) is 12.1. The van der Waals surface area contributed by atoms with Gasteiger partial charge in [0, 0.05) is 0 Å².